The number of rotatable bonds is 6. The monoisotopic (exact) mass is 393 g/mol. The minimum atomic E-state index is -3.75. The summed E-state index contributed by atoms with van der Waals surface area (Å²) in [7, 11) is -2.13. The first-order valence-corrected chi connectivity index (χ1v) is 11.1. The van der Waals surface area contributed by atoms with Crippen molar-refractivity contribution in [2.75, 3.05) is 24.7 Å². The molecule has 0 aromatic heterocycles. The number of amides is 3. The molecular weight excluding hydrogens is 366 g/mol. The van der Waals surface area contributed by atoms with Gasteiger partial charge >= 0.3 is 6.03 Å². The smallest absolute Gasteiger partial charge is 0.332 e. The molecule has 148 valence electrons. The molecule has 2 aliphatic rings. The van der Waals surface area contributed by atoms with E-state index >= 15 is 0 Å². The molecule has 0 heterocycles. The van der Waals surface area contributed by atoms with Crippen LogP contribution in [0, 0.1) is 0 Å². The molecule has 0 radical (unpaired) electrons. The average molecular weight is 394 g/mol. The van der Waals surface area contributed by atoms with Crippen LogP contribution in [-0.2, 0) is 40.5 Å². The lowest BCUT2D eigenvalue weighted by molar-refractivity contribution is -0.127. The van der Waals surface area contributed by atoms with E-state index in [0.29, 0.717) is 6.54 Å². The van der Waals surface area contributed by atoms with Crippen LogP contribution in [0.2, 0.25) is 0 Å². The molecule has 3 rings (SSSR count). The molecule has 0 saturated heterocycles. The number of nitrogens with one attached hydrogen (secondary N) is 2. The van der Waals surface area contributed by atoms with E-state index < -0.39 is 16.1 Å². The van der Waals surface area contributed by atoms with E-state index in [4.69, 9.17) is 0 Å². The van der Waals surface area contributed by atoms with Gasteiger partial charge in [0.25, 0.3) is 0 Å². The molecule has 0 bridgehead atoms. The van der Waals surface area contributed by atoms with Gasteiger partial charge in [-0.1, -0.05) is 6.07 Å². The summed E-state index contributed by atoms with van der Waals surface area (Å²) in [4.78, 5) is 25.0. The van der Waals surface area contributed by atoms with Gasteiger partial charge in [-0.15, -0.1) is 0 Å². The maximum atomic E-state index is 12.4. The number of sulfonamides is 1. The lowest BCUT2D eigenvalue weighted by atomic mass is 9.99. The van der Waals surface area contributed by atoms with Crippen molar-refractivity contribution in [2.24, 2.45) is 0 Å². The van der Waals surface area contributed by atoms with Crippen molar-refractivity contribution in [3.63, 3.8) is 0 Å². The maximum Gasteiger partial charge on any atom is 0.332 e. The number of anilines is 1. The molecule has 27 heavy (non-hydrogen) atoms. The molecule has 7 nitrogen and oxygen atoms in total. The van der Waals surface area contributed by atoms with Gasteiger partial charge in [0.1, 0.15) is 0 Å². The molecule has 0 fully saturated rings. The van der Waals surface area contributed by atoms with Crippen molar-refractivity contribution in [3.05, 3.63) is 28.3 Å². The summed E-state index contributed by atoms with van der Waals surface area (Å²) in [5.74, 6) is -0.326. The number of carbonyl (C=O) groups excluding carboxylic acids is 2. The Morgan fingerprint density at radius 1 is 1.07 bits per heavy atom. The molecule has 1 aromatic rings. The zero-order valence-corrected chi connectivity index (χ0v) is 16.7. The molecule has 2 aliphatic carbocycles. The standard InChI is InChI=1S/C19H27N3O4S/c1-13(23)22(2)10-5-11-27(25,26)21-19(24)20-18-16-8-3-6-14(16)12-15-7-4-9-17(15)18/h12H,3-11H2,1-2H3,(H2,20,21,24). The first-order valence-electron chi connectivity index (χ1n) is 9.46. The Kier molecular flexibility index (Phi) is 5.74. The second-order valence-electron chi connectivity index (χ2n) is 7.40. The van der Waals surface area contributed by atoms with Crippen LogP contribution < -0.4 is 10.0 Å². The molecule has 0 unspecified atom stereocenters. The van der Waals surface area contributed by atoms with Gasteiger partial charge in [0.05, 0.1) is 5.75 Å². The van der Waals surface area contributed by atoms with Crippen molar-refractivity contribution >= 4 is 27.6 Å². The average Bonchev–Trinajstić information content (AvgIpc) is 3.22. The molecule has 2 N–H and O–H groups in total. The van der Waals surface area contributed by atoms with Gasteiger partial charge in [-0.25, -0.2) is 17.9 Å². The number of nitrogens with zero attached hydrogens (tertiary/aromatic N) is 1. The number of fused-ring (bicyclic) bond motifs is 2. The summed E-state index contributed by atoms with van der Waals surface area (Å²) < 4.78 is 26.5. The molecule has 0 atom stereocenters. The van der Waals surface area contributed by atoms with Crippen LogP contribution in [0.4, 0.5) is 10.5 Å². The molecule has 0 spiro atoms. The molecule has 0 saturated carbocycles. The SMILES string of the molecule is CC(=O)N(C)CCCS(=O)(=O)NC(=O)Nc1c2c(cc3c1CCC3)CCC2. The Morgan fingerprint density at radius 3 is 2.22 bits per heavy atom. The van der Waals surface area contributed by atoms with Gasteiger partial charge in [0.15, 0.2) is 0 Å². The van der Waals surface area contributed by atoms with Crippen LogP contribution in [-0.4, -0.2) is 44.6 Å². The van der Waals surface area contributed by atoms with Crippen molar-refractivity contribution in [2.45, 2.75) is 51.9 Å². The molecule has 0 aliphatic heterocycles. The van der Waals surface area contributed by atoms with Crippen LogP contribution >= 0.6 is 0 Å². The van der Waals surface area contributed by atoms with E-state index in [1.807, 2.05) is 0 Å². The zero-order valence-electron chi connectivity index (χ0n) is 15.9. The Hall–Kier alpha value is -2.09. The summed E-state index contributed by atoms with van der Waals surface area (Å²) in [5, 5.41) is 2.82. The van der Waals surface area contributed by atoms with Crippen molar-refractivity contribution in [3.8, 4) is 0 Å². The summed E-state index contributed by atoms with van der Waals surface area (Å²) in [5.41, 5.74) is 5.70. The minimum Gasteiger partial charge on any atom is -0.346 e. The third kappa shape index (κ3) is 4.61. The van der Waals surface area contributed by atoms with E-state index in [2.05, 4.69) is 16.1 Å². The zero-order chi connectivity index (χ0) is 19.6. The Bertz CT molecular complexity index is 832. The lowest BCUT2D eigenvalue weighted by Crippen LogP contribution is -2.37. The predicted octanol–water partition coefficient (Wildman–Crippen LogP) is 1.98. The van der Waals surface area contributed by atoms with E-state index in [9.17, 15) is 18.0 Å². The van der Waals surface area contributed by atoms with Crippen molar-refractivity contribution in [1.29, 1.82) is 0 Å². The van der Waals surface area contributed by atoms with Crippen LogP contribution in [0.3, 0.4) is 0 Å². The second kappa shape index (κ2) is 7.88. The van der Waals surface area contributed by atoms with Crippen LogP contribution in [0.1, 0.15) is 48.4 Å². The summed E-state index contributed by atoms with van der Waals surface area (Å²) in [6.07, 6.45) is 6.27. The number of carbonyl (C=O) groups is 2. The summed E-state index contributed by atoms with van der Waals surface area (Å²) in [6, 6.07) is 1.56. The first kappa shape index (κ1) is 19.7. The normalized spacial score (nSPS) is 15.2. The van der Waals surface area contributed by atoms with Gasteiger partial charge in [0.2, 0.25) is 15.9 Å². The number of benzene rings is 1. The third-order valence-electron chi connectivity index (χ3n) is 5.40. The highest BCUT2D eigenvalue weighted by atomic mass is 32.2. The van der Waals surface area contributed by atoms with E-state index in [1.54, 1.807) is 7.05 Å². The van der Waals surface area contributed by atoms with Crippen LogP contribution in [0.15, 0.2) is 6.07 Å². The van der Waals surface area contributed by atoms with Gasteiger partial charge in [-0.2, -0.15) is 0 Å². The maximum absolute atomic E-state index is 12.4. The number of urea groups is 1. The number of hydrogen-bond donors (Lipinski definition) is 2. The largest absolute Gasteiger partial charge is 0.346 e. The highest BCUT2D eigenvalue weighted by molar-refractivity contribution is 7.90. The quantitative estimate of drug-likeness (QED) is 0.772. The minimum absolute atomic E-state index is 0.120. The summed E-state index contributed by atoms with van der Waals surface area (Å²) >= 11 is 0. The molecule has 3 amide bonds. The molecule has 8 heteroatoms. The van der Waals surface area contributed by atoms with Crippen molar-refractivity contribution < 1.29 is 18.0 Å². The van der Waals surface area contributed by atoms with Gasteiger partial charge in [0, 0.05) is 26.2 Å². The highest BCUT2D eigenvalue weighted by Gasteiger charge is 2.25. The highest BCUT2D eigenvalue weighted by Crippen LogP contribution is 2.38. The topological polar surface area (TPSA) is 95.6 Å². The fourth-order valence-corrected chi connectivity index (χ4v) is 4.89. The number of hydrogen-bond acceptors (Lipinski definition) is 4. The van der Waals surface area contributed by atoms with Gasteiger partial charge in [-0.3, -0.25) is 4.79 Å². The van der Waals surface area contributed by atoms with Gasteiger partial charge in [-0.05, 0) is 67.2 Å². The van der Waals surface area contributed by atoms with Gasteiger partial charge < -0.3 is 10.2 Å². The number of aryl methyl sites for hydroxylation is 2. The van der Waals surface area contributed by atoms with E-state index in [0.717, 1.165) is 55.3 Å². The Balaban J connectivity index is 1.64. The Labute approximate surface area is 160 Å². The lowest BCUT2D eigenvalue weighted by Gasteiger charge is -2.17. The third-order valence-corrected chi connectivity index (χ3v) is 6.73. The first-order chi connectivity index (χ1) is 12.8. The fraction of sp³-hybridized carbons (Fsp3) is 0.579. The van der Waals surface area contributed by atoms with Crippen molar-refractivity contribution in [1.82, 2.24) is 9.62 Å². The molecular formula is C19H27N3O4S. The molecule has 1 aromatic carbocycles. The van der Waals surface area contributed by atoms with Crippen LogP contribution in [0.25, 0.3) is 0 Å². The van der Waals surface area contributed by atoms with E-state index in [-0.39, 0.29) is 18.1 Å². The predicted molar refractivity (Wildman–Crippen MR) is 104 cm³/mol. The van der Waals surface area contributed by atoms with Crippen LogP contribution in [0.5, 0.6) is 0 Å². The fourth-order valence-electron chi connectivity index (χ4n) is 3.95. The Morgan fingerprint density at radius 2 is 1.67 bits per heavy atom. The second-order valence-corrected chi connectivity index (χ2v) is 9.25. The summed E-state index contributed by atoms with van der Waals surface area (Å²) in [6.45, 7) is 1.76. The van der Waals surface area contributed by atoms with E-state index in [1.165, 1.54) is 23.0 Å².